The highest BCUT2D eigenvalue weighted by Crippen LogP contribution is 2.26. The summed E-state index contributed by atoms with van der Waals surface area (Å²) in [5.74, 6) is -0.735. The number of carbonyl (C=O) groups is 1. The molecule has 4 heteroatoms. The lowest BCUT2D eigenvalue weighted by molar-refractivity contribution is -0.151. The Morgan fingerprint density at radius 1 is 1.39 bits per heavy atom. The third kappa shape index (κ3) is 2.60. The summed E-state index contributed by atoms with van der Waals surface area (Å²) in [7, 11) is 0. The molecule has 96 valence electrons. The molecule has 0 aromatic heterocycles. The molecule has 1 aliphatic rings. The van der Waals surface area contributed by atoms with Gasteiger partial charge in [-0.15, -0.1) is 6.58 Å². The van der Waals surface area contributed by atoms with Gasteiger partial charge in [-0.1, -0.05) is 36.4 Å². The molecule has 0 radical (unpaired) electrons. The van der Waals surface area contributed by atoms with E-state index in [4.69, 9.17) is 14.6 Å². The lowest BCUT2D eigenvalue weighted by atomic mass is 9.99. The molecular weight excluding hydrogens is 232 g/mol. The van der Waals surface area contributed by atoms with Crippen molar-refractivity contribution in [2.24, 2.45) is 5.92 Å². The molecular formula is C14H16O4. The molecule has 18 heavy (non-hydrogen) atoms. The molecule has 0 aliphatic carbocycles. The number of benzene rings is 1. The van der Waals surface area contributed by atoms with Gasteiger partial charge in [0.05, 0.1) is 19.1 Å². The van der Waals surface area contributed by atoms with Gasteiger partial charge >= 0.3 is 5.97 Å². The van der Waals surface area contributed by atoms with Crippen molar-refractivity contribution in [1.29, 1.82) is 0 Å². The number of hydrogen-bond acceptors (Lipinski definition) is 4. The molecule has 3 atom stereocenters. The van der Waals surface area contributed by atoms with Gasteiger partial charge in [0.1, 0.15) is 6.10 Å². The molecule has 0 unspecified atom stereocenters. The zero-order valence-corrected chi connectivity index (χ0v) is 9.99. The van der Waals surface area contributed by atoms with Crippen LogP contribution in [0.25, 0.3) is 0 Å². The topological polar surface area (TPSA) is 55.8 Å². The molecule has 1 fully saturated rings. The van der Waals surface area contributed by atoms with Gasteiger partial charge in [-0.25, -0.2) is 4.79 Å². The standard InChI is InChI=1S/C14H16O4/c1-2-11-12(8-15)18-14(16)13(11)17-9-10-6-4-3-5-7-10/h2-7,11-13,15H,1,8-9H2/t11-,12-,13-/m1/s1. The lowest BCUT2D eigenvalue weighted by Crippen LogP contribution is -2.28. The van der Waals surface area contributed by atoms with Crippen LogP contribution in [0, 0.1) is 5.92 Å². The fourth-order valence-corrected chi connectivity index (χ4v) is 2.02. The Kier molecular flexibility index (Phi) is 4.12. The SMILES string of the molecule is C=C[C@@H]1[C@@H](CO)OC(=O)[C@@H]1OCc1ccccc1. The fourth-order valence-electron chi connectivity index (χ4n) is 2.02. The predicted molar refractivity (Wildman–Crippen MR) is 65.7 cm³/mol. The second kappa shape index (κ2) is 5.80. The lowest BCUT2D eigenvalue weighted by Gasteiger charge is -2.15. The van der Waals surface area contributed by atoms with Gasteiger partial charge < -0.3 is 14.6 Å². The van der Waals surface area contributed by atoms with E-state index >= 15 is 0 Å². The van der Waals surface area contributed by atoms with E-state index in [2.05, 4.69) is 6.58 Å². The van der Waals surface area contributed by atoms with Crippen molar-refractivity contribution in [1.82, 2.24) is 0 Å². The molecule has 0 spiro atoms. The minimum atomic E-state index is -0.681. The van der Waals surface area contributed by atoms with Crippen LogP contribution in [0.5, 0.6) is 0 Å². The number of aliphatic hydroxyl groups excluding tert-OH is 1. The normalized spacial score (nSPS) is 26.9. The minimum Gasteiger partial charge on any atom is -0.457 e. The van der Waals surface area contributed by atoms with Gasteiger partial charge in [0, 0.05) is 0 Å². The van der Waals surface area contributed by atoms with Gasteiger partial charge in [0.25, 0.3) is 0 Å². The first kappa shape index (κ1) is 12.8. The molecule has 2 rings (SSSR count). The molecule has 0 saturated carbocycles. The summed E-state index contributed by atoms with van der Waals surface area (Å²) >= 11 is 0. The molecule has 1 aliphatic heterocycles. The van der Waals surface area contributed by atoms with Crippen LogP contribution in [-0.4, -0.2) is 29.9 Å². The quantitative estimate of drug-likeness (QED) is 0.630. The molecule has 4 nitrogen and oxygen atoms in total. The van der Waals surface area contributed by atoms with Gasteiger partial charge in [-0.3, -0.25) is 0 Å². The van der Waals surface area contributed by atoms with Crippen molar-refractivity contribution in [2.45, 2.75) is 18.8 Å². The van der Waals surface area contributed by atoms with Crippen LogP contribution in [0.3, 0.4) is 0 Å². The van der Waals surface area contributed by atoms with Crippen molar-refractivity contribution < 1.29 is 19.4 Å². The van der Waals surface area contributed by atoms with Crippen LogP contribution < -0.4 is 0 Å². The Morgan fingerprint density at radius 3 is 2.72 bits per heavy atom. The van der Waals surface area contributed by atoms with Crippen LogP contribution in [0.1, 0.15) is 5.56 Å². The Labute approximate surface area is 106 Å². The summed E-state index contributed by atoms with van der Waals surface area (Å²) in [5.41, 5.74) is 0.987. The average molecular weight is 248 g/mol. The molecule has 1 aromatic carbocycles. The van der Waals surface area contributed by atoms with Crippen LogP contribution in [0.15, 0.2) is 43.0 Å². The smallest absolute Gasteiger partial charge is 0.336 e. The van der Waals surface area contributed by atoms with E-state index in [1.807, 2.05) is 30.3 Å². The van der Waals surface area contributed by atoms with E-state index in [1.165, 1.54) is 0 Å². The van der Waals surface area contributed by atoms with Crippen LogP contribution >= 0.6 is 0 Å². The molecule has 0 bridgehead atoms. The summed E-state index contributed by atoms with van der Waals surface area (Å²) in [6.07, 6.45) is 0.372. The zero-order valence-electron chi connectivity index (χ0n) is 9.99. The molecule has 1 saturated heterocycles. The Morgan fingerprint density at radius 2 is 2.11 bits per heavy atom. The van der Waals surface area contributed by atoms with E-state index in [1.54, 1.807) is 6.08 Å². The highest BCUT2D eigenvalue weighted by Gasteiger charge is 2.43. The van der Waals surface area contributed by atoms with E-state index in [-0.39, 0.29) is 12.5 Å². The maximum Gasteiger partial charge on any atom is 0.336 e. The maximum atomic E-state index is 11.6. The number of cyclic esters (lactones) is 1. The minimum absolute atomic E-state index is 0.215. The highest BCUT2D eigenvalue weighted by atomic mass is 16.6. The summed E-state index contributed by atoms with van der Waals surface area (Å²) in [5, 5.41) is 9.11. The van der Waals surface area contributed by atoms with Gasteiger partial charge in [0.2, 0.25) is 0 Å². The number of rotatable bonds is 5. The van der Waals surface area contributed by atoms with Gasteiger partial charge in [-0.2, -0.15) is 0 Å². The molecule has 0 amide bonds. The Balaban J connectivity index is 2.00. The van der Waals surface area contributed by atoms with Crippen molar-refractivity contribution in [2.75, 3.05) is 6.61 Å². The van der Waals surface area contributed by atoms with Crippen molar-refractivity contribution in [3.63, 3.8) is 0 Å². The van der Waals surface area contributed by atoms with E-state index in [0.717, 1.165) is 5.56 Å². The van der Waals surface area contributed by atoms with Gasteiger partial charge in [-0.05, 0) is 5.56 Å². The number of ether oxygens (including phenoxy) is 2. The highest BCUT2D eigenvalue weighted by molar-refractivity contribution is 5.78. The van der Waals surface area contributed by atoms with Crippen LogP contribution in [-0.2, 0) is 20.9 Å². The predicted octanol–water partition coefficient (Wildman–Crippen LogP) is 1.29. The van der Waals surface area contributed by atoms with Crippen molar-refractivity contribution >= 4 is 5.97 Å². The number of carbonyl (C=O) groups excluding carboxylic acids is 1. The van der Waals surface area contributed by atoms with Crippen molar-refractivity contribution in [3.05, 3.63) is 48.6 Å². The zero-order chi connectivity index (χ0) is 13.0. The van der Waals surface area contributed by atoms with Gasteiger partial charge in [0.15, 0.2) is 6.10 Å². The van der Waals surface area contributed by atoms with E-state index in [0.29, 0.717) is 6.61 Å². The second-order valence-electron chi connectivity index (χ2n) is 4.19. The molecule has 1 N–H and O–H groups in total. The van der Waals surface area contributed by atoms with E-state index < -0.39 is 18.2 Å². The molecule has 1 aromatic rings. The second-order valence-corrected chi connectivity index (χ2v) is 4.19. The summed E-state index contributed by atoms with van der Waals surface area (Å²) in [6, 6.07) is 9.58. The number of aliphatic hydroxyl groups is 1. The first-order chi connectivity index (χ1) is 8.76. The maximum absolute atomic E-state index is 11.6. The Bertz CT molecular complexity index is 415. The van der Waals surface area contributed by atoms with Crippen LogP contribution in [0.4, 0.5) is 0 Å². The molecule has 1 heterocycles. The summed E-state index contributed by atoms with van der Waals surface area (Å²) in [4.78, 5) is 11.6. The monoisotopic (exact) mass is 248 g/mol. The Hall–Kier alpha value is -1.65. The average Bonchev–Trinajstić information content (AvgIpc) is 2.73. The van der Waals surface area contributed by atoms with Crippen LogP contribution in [0.2, 0.25) is 0 Å². The first-order valence-electron chi connectivity index (χ1n) is 5.85. The van der Waals surface area contributed by atoms with E-state index in [9.17, 15) is 4.79 Å². The fraction of sp³-hybridized carbons (Fsp3) is 0.357. The number of hydrogen-bond donors (Lipinski definition) is 1. The first-order valence-corrected chi connectivity index (χ1v) is 5.85. The third-order valence-electron chi connectivity index (χ3n) is 3.00. The summed E-state index contributed by atoms with van der Waals surface area (Å²) < 4.78 is 10.6. The third-order valence-corrected chi connectivity index (χ3v) is 3.00. The largest absolute Gasteiger partial charge is 0.457 e. The number of esters is 1. The summed E-state index contributed by atoms with van der Waals surface area (Å²) in [6.45, 7) is 3.78. The van der Waals surface area contributed by atoms with Crippen molar-refractivity contribution in [3.8, 4) is 0 Å².